The summed E-state index contributed by atoms with van der Waals surface area (Å²) in [7, 11) is 0. The molecule has 0 saturated carbocycles. The highest BCUT2D eigenvalue weighted by molar-refractivity contribution is 5.81. The Labute approximate surface area is 136 Å². The van der Waals surface area contributed by atoms with Crippen LogP contribution in [0.2, 0.25) is 0 Å². The molecule has 23 heavy (non-hydrogen) atoms. The topological polar surface area (TPSA) is 38.3 Å². The Kier molecular flexibility index (Phi) is 5.74. The number of amides is 1. The summed E-state index contributed by atoms with van der Waals surface area (Å²) in [6.45, 7) is 5.84. The molecule has 2 rings (SSSR count). The number of ether oxygens (including phenoxy) is 1. The van der Waals surface area contributed by atoms with Crippen molar-refractivity contribution in [2.24, 2.45) is 0 Å². The quantitative estimate of drug-likeness (QED) is 0.869. The second-order valence-electron chi connectivity index (χ2n) is 5.61. The minimum atomic E-state index is -0.603. The summed E-state index contributed by atoms with van der Waals surface area (Å²) in [5.74, 6) is -0.0240. The molecule has 2 atom stereocenters. The molecular weight excluding hydrogens is 293 g/mol. The summed E-state index contributed by atoms with van der Waals surface area (Å²) in [5.41, 5.74) is 2.22. The second kappa shape index (κ2) is 7.77. The lowest BCUT2D eigenvalue weighted by molar-refractivity contribution is -0.128. The van der Waals surface area contributed by atoms with E-state index in [0.717, 1.165) is 5.56 Å². The van der Waals surface area contributed by atoms with Gasteiger partial charge in [-0.1, -0.05) is 36.8 Å². The molecule has 0 spiro atoms. The maximum absolute atomic E-state index is 12.9. The Balaban J connectivity index is 1.99. The van der Waals surface area contributed by atoms with E-state index in [2.05, 4.69) is 5.32 Å². The zero-order valence-electron chi connectivity index (χ0n) is 13.7. The van der Waals surface area contributed by atoms with E-state index in [-0.39, 0.29) is 17.8 Å². The van der Waals surface area contributed by atoms with E-state index in [1.807, 2.05) is 45.0 Å². The summed E-state index contributed by atoms with van der Waals surface area (Å²) < 4.78 is 18.6. The number of benzene rings is 2. The Bertz CT molecular complexity index is 637. The van der Waals surface area contributed by atoms with Gasteiger partial charge in [-0.3, -0.25) is 4.79 Å². The molecule has 2 aromatic carbocycles. The zero-order chi connectivity index (χ0) is 16.8. The molecule has 0 aliphatic heterocycles. The molecule has 122 valence electrons. The smallest absolute Gasteiger partial charge is 0.261 e. The molecule has 0 unspecified atom stereocenters. The SMILES string of the molecule is CC[C@@H](Oc1ccc(F)cc1)C(=O)N[C@H](C)c1ccc(C)cc1. The van der Waals surface area contributed by atoms with Crippen molar-refractivity contribution >= 4 is 5.91 Å². The van der Waals surface area contributed by atoms with Crippen LogP contribution in [0.1, 0.15) is 37.4 Å². The van der Waals surface area contributed by atoms with Crippen molar-refractivity contribution < 1.29 is 13.9 Å². The third kappa shape index (κ3) is 4.81. The number of rotatable bonds is 6. The molecule has 0 heterocycles. The number of nitrogens with one attached hydrogen (secondary N) is 1. The highest BCUT2D eigenvalue weighted by atomic mass is 19.1. The van der Waals surface area contributed by atoms with E-state index < -0.39 is 6.10 Å². The highest BCUT2D eigenvalue weighted by Crippen LogP contribution is 2.17. The average molecular weight is 315 g/mol. The van der Waals surface area contributed by atoms with Gasteiger partial charge in [0.05, 0.1) is 6.04 Å². The van der Waals surface area contributed by atoms with Gasteiger partial charge in [0.15, 0.2) is 6.10 Å². The molecular formula is C19H22FNO2. The van der Waals surface area contributed by atoms with Crippen LogP contribution in [0.5, 0.6) is 5.75 Å². The Morgan fingerprint density at radius 3 is 2.30 bits per heavy atom. The summed E-state index contributed by atoms with van der Waals surface area (Å²) in [5, 5.41) is 2.96. The first kappa shape index (κ1) is 17.0. The lowest BCUT2D eigenvalue weighted by atomic mass is 10.1. The van der Waals surface area contributed by atoms with Gasteiger partial charge in [-0.25, -0.2) is 4.39 Å². The molecule has 3 nitrogen and oxygen atoms in total. The molecule has 0 aliphatic carbocycles. The van der Waals surface area contributed by atoms with Crippen LogP contribution in [-0.4, -0.2) is 12.0 Å². The van der Waals surface area contributed by atoms with Crippen LogP contribution >= 0.6 is 0 Å². The van der Waals surface area contributed by atoms with Crippen LogP contribution in [0.3, 0.4) is 0 Å². The molecule has 0 aromatic heterocycles. The first-order valence-electron chi connectivity index (χ1n) is 7.78. The van der Waals surface area contributed by atoms with Gasteiger partial charge in [0.1, 0.15) is 11.6 Å². The molecule has 0 radical (unpaired) electrons. The van der Waals surface area contributed by atoms with Gasteiger partial charge < -0.3 is 10.1 Å². The van der Waals surface area contributed by atoms with Gasteiger partial charge in [0.2, 0.25) is 0 Å². The normalized spacial score (nSPS) is 13.2. The van der Waals surface area contributed by atoms with E-state index in [1.54, 1.807) is 0 Å². The van der Waals surface area contributed by atoms with Crippen LogP contribution in [0, 0.1) is 12.7 Å². The first-order valence-corrected chi connectivity index (χ1v) is 7.78. The van der Waals surface area contributed by atoms with Crippen LogP contribution in [0.15, 0.2) is 48.5 Å². The van der Waals surface area contributed by atoms with E-state index in [9.17, 15) is 9.18 Å². The van der Waals surface area contributed by atoms with Crippen molar-refractivity contribution in [1.29, 1.82) is 0 Å². The van der Waals surface area contributed by atoms with Crippen molar-refractivity contribution in [2.75, 3.05) is 0 Å². The molecule has 0 bridgehead atoms. The summed E-state index contributed by atoms with van der Waals surface area (Å²) in [6.07, 6.45) is -0.0718. The number of aryl methyl sites for hydroxylation is 1. The summed E-state index contributed by atoms with van der Waals surface area (Å²) in [6, 6.07) is 13.6. The van der Waals surface area contributed by atoms with E-state index >= 15 is 0 Å². The molecule has 1 amide bonds. The van der Waals surface area contributed by atoms with E-state index in [0.29, 0.717) is 12.2 Å². The summed E-state index contributed by atoms with van der Waals surface area (Å²) in [4.78, 5) is 12.4. The van der Waals surface area contributed by atoms with Crippen molar-refractivity contribution in [3.05, 3.63) is 65.5 Å². The third-order valence-corrected chi connectivity index (χ3v) is 3.69. The number of hydrogen-bond acceptors (Lipinski definition) is 2. The number of carbonyl (C=O) groups is 1. The van der Waals surface area contributed by atoms with Crippen molar-refractivity contribution in [3.8, 4) is 5.75 Å². The monoisotopic (exact) mass is 315 g/mol. The van der Waals surface area contributed by atoms with Crippen LogP contribution < -0.4 is 10.1 Å². The van der Waals surface area contributed by atoms with Gasteiger partial charge in [-0.2, -0.15) is 0 Å². The van der Waals surface area contributed by atoms with Gasteiger partial charge in [-0.15, -0.1) is 0 Å². The predicted molar refractivity (Wildman–Crippen MR) is 88.8 cm³/mol. The van der Waals surface area contributed by atoms with Gasteiger partial charge in [0, 0.05) is 0 Å². The van der Waals surface area contributed by atoms with Crippen molar-refractivity contribution in [1.82, 2.24) is 5.32 Å². The minimum Gasteiger partial charge on any atom is -0.481 e. The van der Waals surface area contributed by atoms with Gasteiger partial charge in [-0.05, 0) is 50.1 Å². The molecule has 0 aliphatic rings. The maximum Gasteiger partial charge on any atom is 0.261 e. The molecule has 4 heteroatoms. The Morgan fingerprint density at radius 2 is 1.74 bits per heavy atom. The Hall–Kier alpha value is -2.36. The fraction of sp³-hybridized carbons (Fsp3) is 0.316. The molecule has 0 saturated heterocycles. The molecule has 1 N–H and O–H groups in total. The first-order chi connectivity index (χ1) is 11.0. The van der Waals surface area contributed by atoms with E-state index in [1.165, 1.54) is 29.8 Å². The van der Waals surface area contributed by atoms with Crippen LogP contribution in [0.4, 0.5) is 4.39 Å². The highest BCUT2D eigenvalue weighted by Gasteiger charge is 2.20. The maximum atomic E-state index is 12.9. The summed E-state index contributed by atoms with van der Waals surface area (Å²) >= 11 is 0. The molecule has 0 fully saturated rings. The third-order valence-electron chi connectivity index (χ3n) is 3.69. The van der Waals surface area contributed by atoms with Crippen LogP contribution in [-0.2, 0) is 4.79 Å². The largest absolute Gasteiger partial charge is 0.481 e. The predicted octanol–water partition coefficient (Wildman–Crippen LogP) is 4.17. The fourth-order valence-corrected chi connectivity index (χ4v) is 2.24. The van der Waals surface area contributed by atoms with Gasteiger partial charge >= 0.3 is 0 Å². The standard InChI is InChI=1S/C19H22FNO2/c1-4-18(23-17-11-9-16(20)10-12-17)19(22)21-14(3)15-7-5-13(2)6-8-15/h5-12,14,18H,4H2,1-3H3,(H,21,22)/t14-,18-/m1/s1. The average Bonchev–Trinajstić information content (AvgIpc) is 2.54. The number of hydrogen-bond donors (Lipinski definition) is 1. The minimum absolute atomic E-state index is 0.103. The zero-order valence-corrected chi connectivity index (χ0v) is 13.7. The lowest BCUT2D eigenvalue weighted by Gasteiger charge is -2.21. The lowest BCUT2D eigenvalue weighted by Crippen LogP contribution is -2.39. The van der Waals surface area contributed by atoms with Crippen LogP contribution in [0.25, 0.3) is 0 Å². The van der Waals surface area contributed by atoms with Crippen molar-refractivity contribution in [3.63, 3.8) is 0 Å². The van der Waals surface area contributed by atoms with Gasteiger partial charge in [0.25, 0.3) is 5.91 Å². The number of carbonyl (C=O) groups excluding carboxylic acids is 1. The fourth-order valence-electron chi connectivity index (χ4n) is 2.24. The Morgan fingerprint density at radius 1 is 1.13 bits per heavy atom. The second-order valence-corrected chi connectivity index (χ2v) is 5.61. The number of halogens is 1. The van der Waals surface area contributed by atoms with E-state index in [4.69, 9.17) is 4.74 Å². The molecule has 2 aromatic rings. The van der Waals surface area contributed by atoms with Crippen molar-refractivity contribution in [2.45, 2.75) is 39.3 Å².